The van der Waals surface area contributed by atoms with E-state index in [1.54, 1.807) is 24.3 Å². The third-order valence-corrected chi connectivity index (χ3v) is 10.2. The lowest BCUT2D eigenvalue weighted by Crippen LogP contribution is -2.25. The van der Waals surface area contributed by atoms with Crippen LogP contribution in [0.3, 0.4) is 0 Å². The molecule has 0 aromatic heterocycles. The average Bonchev–Trinajstić information content (AvgIpc) is 3.07. The average molecular weight is 634 g/mol. The molecule has 240 valence electrons. The van der Waals surface area contributed by atoms with Crippen LogP contribution < -0.4 is 5.32 Å². The number of hydrogen-bond acceptors (Lipinski definition) is 3. The molecule has 0 heterocycles. The zero-order chi connectivity index (χ0) is 33.5. The zero-order valence-electron chi connectivity index (χ0n) is 27.6. The quantitative estimate of drug-likeness (QED) is 0.175. The van der Waals surface area contributed by atoms with Crippen molar-refractivity contribution in [1.82, 2.24) is 0 Å². The fourth-order valence-electron chi connectivity index (χ4n) is 8.21. The maximum atomic E-state index is 14.4. The Morgan fingerprint density at radius 2 is 1.48 bits per heavy atom. The molecule has 48 heavy (non-hydrogen) atoms. The van der Waals surface area contributed by atoms with Gasteiger partial charge in [0.15, 0.2) is 5.78 Å². The molecule has 0 fully saturated rings. The molecule has 7 rings (SSSR count). The number of ketones is 1. The van der Waals surface area contributed by atoms with Crippen LogP contribution in [0.2, 0.25) is 0 Å². The molecule has 2 aliphatic carbocycles. The van der Waals surface area contributed by atoms with Crippen LogP contribution in [0.1, 0.15) is 90.8 Å². The van der Waals surface area contributed by atoms with E-state index < -0.39 is 5.97 Å². The minimum atomic E-state index is -0.792. The highest BCUT2D eigenvalue weighted by Crippen LogP contribution is 2.47. The molecule has 5 heteroatoms. The molecule has 0 saturated heterocycles. The molecule has 1 amide bonds. The number of carbonyl (C=O) groups excluding carboxylic acids is 2. The fourth-order valence-corrected chi connectivity index (χ4v) is 8.21. The topological polar surface area (TPSA) is 83.5 Å². The highest BCUT2D eigenvalue weighted by atomic mass is 16.4. The monoisotopic (exact) mass is 633 g/mol. The van der Waals surface area contributed by atoms with Crippen LogP contribution >= 0.6 is 0 Å². The summed E-state index contributed by atoms with van der Waals surface area (Å²) in [5, 5.41) is 12.7. The summed E-state index contributed by atoms with van der Waals surface area (Å²) in [5.41, 5.74) is 13.9. The summed E-state index contributed by atoms with van der Waals surface area (Å²) in [6.45, 7) is 6.23. The number of benzene rings is 5. The molecule has 2 N–H and O–H groups in total. The molecular weight excluding hydrogens is 594 g/mol. The van der Waals surface area contributed by atoms with Crippen molar-refractivity contribution in [3.05, 3.63) is 147 Å². The molecule has 0 spiro atoms. The van der Waals surface area contributed by atoms with Crippen molar-refractivity contribution in [2.45, 2.75) is 64.7 Å². The second-order valence-electron chi connectivity index (χ2n) is 13.4. The SMILES string of the molecule is Cc1cc(C)c(-c2ccccc2C(=O)Nc2ccc(C(=O)C3Cc4ccccc4-c4ccc5c(c43)CCCC5CC(=O)O)cc2)c(C)c1. The Morgan fingerprint density at radius 3 is 2.21 bits per heavy atom. The number of fused-ring (bicyclic) bond motifs is 5. The maximum absolute atomic E-state index is 14.4. The molecule has 0 aliphatic heterocycles. The van der Waals surface area contributed by atoms with Gasteiger partial charge in [-0.05, 0) is 138 Å². The van der Waals surface area contributed by atoms with Crippen molar-refractivity contribution < 1.29 is 19.5 Å². The van der Waals surface area contributed by atoms with E-state index in [0.717, 1.165) is 74.9 Å². The number of hydrogen-bond donors (Lipinski definition) is 2. The zero-order valence-corrected chi connectivity index (χ0v) is 27.6. The minimum absolute atomic E-state index is 0.0352. The maximum Gasteiger partial charge on any atom is 0.303 e. The molecule has 5 aromatic carbocycles. The van der Waals surface area contributed by atoms with Gasteiger partial charge in [-0.1, -0.05) is 72.3 Å². The first-order chi connectivity index (χ1) is 23.2. The van der Waals surface area contributed by atoms with Gasteiger partial charge < -0.3 is 10.4 Å². The Hall–Kier alpha value is -5.29. The summed E-state index contributed by atoms with van der Waals surface area (Å²) >= 11 is 0. The van der Waals surface area contributed by atoms with E-state index in [-0.39, 0.29) is 29.9 Å². The normalized spacial score (nSPS) is 16.3. The Morgan fingerprint density at radius 1 is 0.792 bits per heavy atom. The molecular formula is C43H39NO4. The van der Waals surface area contributed by atoms with Gasteiger partial charge in [0.2, 0.25) is 0 Å². The van der Waals surface area contributed by atoms with Crippen molar-refractivity contribution in [2.75, 3.05) is 5.32 Å². The molecule has 0 bridgehead atoms. The van der Waals surface area contributed by atoms with E-state index in [1.165, 1.54) is 5.56 Å². The molecule has 2 atom stereocenters. The fraction of sp³-hybridized carbons (Fsp3) is 0.233. The largest absolute Gasteiger partial charge is 0.481 e. The van der Waals surface area contributed by atoms with Gasteiger partial charge in [-0.2, -0.15) is 0 Å². The van der Waals surface area contributed by atoms with Crippen LogP contribution in [0, 0.1) is 20.8 Å². The van der Waals surface area contributed by atoms with Crippen LogP contribution in [0.25, 0.3) is 22.3 Å². The molecule has 2 unspecified atom stereocenters. The van der Waals surface area contributed by atoms with Gasteiger partial charge in [-0.15, -0.1) is 0 Å². The van der Waals surface area contributed by atoms with Gasteiger partial charge in [0.05, 0.1) is 12.3 Å². The lowest BCUT2D eigenvalue weighted by Gasteiger charge is -2.34. The van der Waals surface area contributed by atoms with Crippen LogP contribution in [0.5, 0.6) is 0 Å². The van der Waals surface area contributed by atoms with Gasteiger partial charge in [0.1, 0.15) is 0 Å². The van der Waals surface area contributed by atoms with E-state index in [9.17, 15) is 19.5 Å². The van der Waals surface area contributed by atoms with Crippen molar-refractivity contribution in [3.8, 4) is 22.3 Å². The van der Waals surface area contributed by atoms with Gasteiger partial charge in [-0.25, -0.2) is 0 Å². The smallest absolute Gasteiger partial charge is 0.303 e. The van der Waals surface area contributed by atoms with E-state index in [0.29, 0.717) is 23.2 Å². The number of aryl methyl sites for hydroxylation is 3. The van der Waals surface area contributed by atoms with Crippen molar-refractivity contribution in [3.63, 3.8) is 0 Å². The van der Waals surface area contributed by atoms with E-state index >= 15 is 0 Å². The number of carbonyl (C=O) groups is 3. The van der Waals surface area contributed by atoms with Gasteiger partial charge >= 0.3 is 5.97 Å². The number of rotatable bonds is 7. The predicted molar refractivity (Wildman–Crippen MR) is 191 cm³/mol. The van der Waals surface area contributed by atoms with Crippen LogP contribution in [0.15, 0.2) is 97.1 Å². The van der Waals surface area contributed by atoms with Gasteiger partial charge in [-0.3, -0.25) is 14.4 Å². The number of carboxylic acids is 1. The molecule has 5 aromatic rings. The van der Waals surface area contributed by atoms with E-state index in [1.807, 2.05) is 36.4 Å². The van der Waals surface area contributed by atoms with Crippen molar-refractivity contribution in [1.29, 1.82) is 0 Å². The highest BCUT2D eigenvalue weighted by molar-refractivity contribution is 6.09. The van der Waals surface area contributed by atoms with Crippen LogP contribution in [-0.2, 0) is 17.6 Å². The molecule has 0 radical (unpaired) electrons. The standard InChI is InChI=1S/C43H39NO4/c1-25-21-26(2)40(27(3)22-25)35-12-6-7-13-37(35)43(48)44-31-17-15-28(16-18-31)42(47)38-23-29-9-4-5-11-32(29)36-20-19-33-30(24-39(45)46)10-8-14-34(33)41(36)38/h4-7,9,11-13,15-22,30,38H,8,10,14,23-24H2,1-3H3,(H,44,48)(H,45,46). The number of amides is 1. The first-order valence-electron chi connectivity index (χ1n) is 16.8. The van der Waals surface area contributed by atoms with Gasteiger partial charge in [0, 0.05) is 16.8 Å². The van der Waals surface area contributed by atoms with Crippen LogP contribution in [0.4, 0.5) is 5.69 Å². The Kier molecular flexibility index (Phi) is 8.30. The highest BCUT2D eigenvalue weighted by Gasteiger charge is 2.35. The van der Waals surface area contributed by atoms with E-state index in [4.69, 9.17) is 0 Å². The Balaban J connectivity index is 1.18. The van der Waals surface area contributed by atoms with Crippen molar-refractivity contribution in [2.24, 2.45) is 0 Å². The third-order valence-electron chi connectivity index (χ3n) is 10.2. The summed E-state index contributed by atoms with van der Waals surface area (Å²) in [6, 6.07) is 31.6. The second kappa shape index (κ2) is 12.7. The predicted octanol–water partition coefficient (Wildman–Crippen LogP) is 9.62. The molecule has 5 nitrogen and oxygen atoms in total. The minimum Gasteiger partial charge on any atom is -0.481 e. The summed E-state index contributed by atoms with van der Waals surface area (Å²) in [4.78, 5) is 39.7. The lowest BCUT2D eigenvalue weighted by molar-refractivity contribution is -0.137. The summed E-state index contributed by atoms with van der Waals surface area (Å²) in [7, 11) is 0. The molecule has 2 aliphatic rings. The number of carboxylic acid groups (broad SMARTS) is 1. The lowest BCUT2D eigenvalue weighted by atomic mass is 9.69. The Bertz CT molecular complexity index is 2070. The first kappa shape index (κ1) is 31.3. The molecule has 0 saturated carbocycles. The van der Waals surface area contributed by atoms with Gasteiger partial charge in [0.25, 0.3) is 5.91 Å². The van der Waals surface area contributed by atoms with E-state index in [2.05, 4.69) is 62.5 Å². The number of Topliss-reactive ketones (excluding diaryl/α,β-unsaturated/α-hetero) is 1. The summed E-state index contributed by atoms with van der Waals surface area (Å²) < 4.78 is 0. The Labute approximate surface area is 281 Å². The number of anilines is 1. The number of aliphatic carboxylic acids is 1. The second-order valence-corrected chi connectivity index (χ2v) is 13.4. The third kappa shape index (κ3) is 5.74. The van der Waals surface area contributed by atoms with Crippen molar-refractivity contribution >= 4 is 23.3 Å². The van der Waals surface area contributed by atoms with Crippen LogP contribution in [-0.4, -0.2) is 22.8 Å². The summed E-state index contributed by atoms with van der Waals surface area (Å²) in [6.07, 6.45) is 3.28. The summed E-state index contributed by atoms with van der Waals surface area (Å²) in [5.74, 6) is -1.38. The number of nitrogens with one attached hydrogen (secondary N) is 1. The first-order valence-corrected chi connectivity index (χ1v) is 16.8.